The number of nitrogens with zero attached hydrogens (tertiary/aromatic N) is 5. The Morgan fingerprint density at radius 2 is 1.64 bits per heavy atom. The van der Waals surface area contributed by atoms with Gasteiger partial charge in [-0.2, -0.15) is 9.78 Å². The van der Waals surface area contributed by atoms with Gasteiger partial charge in [0.15, 0.2) is 0 Å². The third-order valence-electron chi connectivity index (χ3n) is 5.98. The SMILES string of the molecule is Cc1cc(C)nc(-n2nc(C)c3c2N(Cc2ccc(Cl)cc2)C(=O)CC3c2ccccc2)n1. The van der Waals surface area contributed by atoms with Crippen molar-refractivity contribution in [1.82, 2.24) is 19.7 Å². The number of carbonyl (C=O) groups excluding carboxylic acids is 1. The molecule has 0 radical (unpaired) electrons. The van der Waals surface area contributed by atoms with Crippen molar-refractivity contribution in [3.05, 3.63) is 99.5 Å². The highest BCUT2D eigenvalue weighted by Gasteiger charge is 2.38. The van der Waals surface area contributed by atoms with E-state index in [1.54, 1.807) is 9.58 Å². The number of amides is 1. The first-order chi connectivity index (χ1) is 15.9. The third kappa shape index (κ3) is 4.02. The maximum atomic E-state index is 13.6. The molecule has 6 nitrogen and oxygen atoms in total. The van der Waals surface area contributed by atoms with Crippen LogP contribution in [0.3, 0.4) is 0 Å². The zero-order valence-corrected chi connectivity index (χ0v) is 19.5. The predicted molar refractivity (Wildman–Crippen MR) is 129 cm³/mol. The fraction of sp³-hybridized carbons (Fsp3) is 0.231. The van der Waals surface area contributed by atoms with Gasteiger partial charge in [-0.25, -0.2) is 9.97 Å². The van der Waals surface area contributed by atoms with Crippen molar-refractivity contribution in [2.24, 2.45) is 0 Å². The van der Waals surface area contributed by atoms with Crippen LogP contribution in [-0.2, 0) is 11.3 Å². The van der Waals surface area contributed by atoms with Crippen LogP contribution in [0.15, 0.2) is 60.7 Å². The second kappa shape index (κ2) is 8.45. The Kier molecular flexibility index (Phi) is 5.46. The lowest BCUT2D eigenvalue weighted by Gasteiger charge is -2.33. The van der Waals surface area contributed by atoms with Crippen molar-refractivity contribution in [2.45, 2.75) is 39.7 Å². The van der Waals surface area contributed by atoms with E-state index in [4.69, 9.17) is 16.7 Å². The first-order valence-electron chi connectivity index (χ1n) is 10.9. The Labute approximate surface area is 197 Å². The summed E-state index contributed by atoms with van der Waals surface area (Å²) in [5, 5.41) is 5.50. The number of anilines is 1. The highest BCUT2D eigenvalue weighted by atomic mass is 35.5. The zero-order valence-electron chi connectivity index (χ0n) is 18.8. The first-order valence-corrected chi connectivity index (χ1v) is 11.3. The van der Waals surface area contributed by atoms with Crippen molar-refractivity contribution in [1.29, 1.82) is 0 Å². The predicted octanol–water partition coefficient (Wildman–Crippen LogP) is 5.31. The van der Waals surface area contributed by atoms with Gasteiger partial charge >= 0.3 is 0 Å². The smallest absolute Gasteiger partial charge is 0.252 e. The molecule has 3 heterocycles. The summed E-state index contributed by atoms with van der Waals surface area (Å²) in [5.41, 5.74) is 5.70. The molecule has 33 heavy (non-hydrogen) atoms. The van der Waals surface area contributed by atoms with E-state index in [2.05, 4.69) is 22.1 Å². The number of aromatic nitrogens is 4. The lowest BCUT2D eigenvalue weighted by Crippen LogP contribution is -2.38. The maximum Gasteiger partial charge on any atom is 0.252 e. The lowest BCUT2D eigenvalue weighted by molar-refractivity contribution is -0.119. The molecular weight excluding hydrogens is 434 g/mol. The summed E-state index contributed by atoms with van der Waals surface area (Å²) in [4.78, 5) is 24.6. The van der Waals surface area contributed by atoms with Gasteiger partial charge < -0.3 is 0 Å². The molecule has 2 aromatic carbocycles. The van der Waals surface area contributed by atoms with E-state index in [9.17, 15) is 4.79 Å². The topological polar surface area (TPSA) is 63.9 Å². The molecule has 4 aromatic rings. The highest BCUT2D eigenvalue weighted by Crippen LogP contribution is 2.43. The lowest BCUT2D eigenvalue weighted by atomic mass is 9.85. The minimum Gasteiger partial charge on any atom is -0.292 e. The van der Waals surface area contributed by atoms with E-state index in [-0.39, 0.29) is 11.8 Å². The van der Waals surface area contributed by atoms with Crippen LogP contribution in [0.1, 0.15) is 46.1 Å². The van der Waals surface area contributed by atoms with Crippen LogP contribution in [0.25, 0.3) is 5.95 Å². The second-order valence-electron chi connectivity index (χ2n) is 8.46. The Hall–Kier alpha value is -3.51. The molecule has 0 fully saturated rings. The van der Waals surface area contributed by atoms with Crippen molar-refractivity contribution in [3.8, 4) is 5.95 Å². The number of aryl methyl sites for hydroxylation is 3. The third-order valence-corrected chi connectivity index (χ3v) is 6.23. The Bertz CT molecular complexity index is 1310. The minimum absolute atomic E-state index is 0.0387. The molecule has 1 amide bonds. The van der Waals surface area contributed by atoms with Gasteiger partial charge in [-0.3, -0.25) is 9.69 Å². The fourth-order valence-corrected chi connectivity index (χ4v) is 4.67. The van der Waals surface area contributed by atoms with Crippen LogP contribution in [0.2, 0.25) is 5.02 Å². The average molecular weight is 458 g/mol. The summed E-state index contributed by atoms with van der Waals surface area (Å²) in [6.45, 7) is 6.28. The van der Waals surface area contributed by atoms with Crippen LogP contribution in [0, 0.1) is 20.8 Å². The molecular formula is C26H24ClN5O. The van der Waals surface area contributed by atoms with Gasteiger partial charge in [0.2, 0.25) is 5.91 Å². The Morgan fingerprint density at radius 3 is 2.30 bits per heavy atom. The molecule has 0 aliphatic carbocycles. The zero-order chi connectivity index (χ0) is 23.1. The number of hydrogen-bond acceptors (Lipinski definition) is 4. The largest absolute Gasteiger partial charge is 0.292 e. The van der Waals surface area contributed by atoms with Gasteiger partial charge in [0.25, 0.3) is 5.95 Å². The highest BCUT2D eigenvalue weighted by molar-refractivity contribution is 6.30. The van der Waals surface area contributed by atoms with Crippen LogP contribution >= 0.6 is 11.6 Å². The molecule has 0 saturated heterocycles. The molecule has 166 valence electrons. The standard InChI is InChI=1S/C26H24ClN5O/c1-16-13-17(2)29-26(28-16)32-25-24(18(3)30-32)22(20-7-5-4-6-8-20)14-23(33)31(25)15-19-9-11-21(27)12-10-19/h4-13,22H,14-15H2,1-3H3. The van der Waals surface area contributed by atoms with Gasteiger partial charge in [0, 0.05) is 34.3 Å². The molecule has 2 aromatic heterocycles. The van der Waals surface area contributed by atoms with E-state index in [1.807, 2.05) is 69.3 Å². The van der Waals surface area contributed by atoms with Crippen LogP contribution in [0.4, 0.5) is 5.82 Å². The normalized spacial score (nSPS) is 15.6. The fourth-order valence-electron chi connectivity index (χ4n) is 4.55. The molecule has 7 heteroatoms. The summed E-state index contributed by atoms with van der Waals surface area (Å²) < 4.78 is 1.73. The van der Waals surface area contributed by atoms with Gasteiger partial charge in [0.05, 0.1) is 12.2 Å². The second-order valence-corrected chi connectivity index (χ2v) is 8.90. The summed E-state index contributed by atoms with van der Waals surface area (Å²) >= 11 is 6.08. The Balaban J connectivity index is 1.70. The molecule has 1 aliphatic rings. The summed E-state index contributed by atoms with van der Waals surface area (Å²) in [7, 11) is 0. The monoisotopic (exact) mass is 457 g/mol. The molecule has 0 saturated carbocycles. The van der Waals surface area contributed by atoms with Gasteiger partial charge in [0.1, 0.15) is 5.82 Å². The number of halogens is 1. The quantitative estimate of drug-likeness (QED) is 0.416. The summed E-state index contributed by atoms with van der Waals surface area (Å²) in [5.74, 6) is 1.17. The van der Waals surface area contributed by atoms with Crippen LogP contribution in [-0.4, -0.2) is 25.7 Å². The minimum atomic E-state index is -0.0742. The van der Waals surface area contributed by atoms with Gasteiger partial charge in [-0.05, 0) is 50.1 Å². The van der Waals surface area contributed by atoms with Crippen molar-refractivity contribution < 1.29 is 4.79 Å². The van der Waals surface area contributed by atoms with E-state index in [0.29, 0.717) is 23.9 Å². The number of hydrogen-bond donors (Lipinski definition) is 0. The molecule has 0 spiro atoms. The van der Waals surface area contributed by atoms with E-state index in [1.165, 1.54) is 0 Å². The first kappa shape index (κ1) is 21.3. The summed E-state index contributed by atoms with van der Waals surface area (Å²) in [6.07, 6.45) is 0.380. The summed E-state index contributed by atoms with van der Waals surface area (Å²) in [6, 6.07) is 19.6. The van der Waals surface area contributed by atoms with E-state index in [0.717, 1.165) is 39.6 Å². The molecule has 0 N–H and O–H groups in total. The number of benzene rings is 2. The van der Waals surface area contributed by atoms with Gasteiger partial charge in [-0.1, -0.05) is 54.1 Å². The van der Waals surface area contributed by atoms with Gasteiger partial charge in [-0.15, -0.1) is 0 Å². The van der Waals surface area contributed by atoms with Crippen LogP contribution in [0.5, 0.6) is 0 Å². The van der Waals surface area contributed by atoms with E-state index >= 15 is 0 Å². The molecule has 1 unspecified atom stereocenters. The van der Waals surface area contributed by atoms with Crippen molar-refractivity contribution in [2.75, 3.05) is 4.90 Å². The van der Waals surface area contributed by atoms with Crippen molar-refractivity contribution >= 4 is 23.3 Å². The average Bonchev–Trinajstić information content (AvgIpc) is 3.14. The van der Waals surface area contributed by atoms with Crippen molar-refractivity contribution in [3.63, 3.8) is 0 Å². The van der Waals surface area contributed by atoms with Crippen LogP contribution < -0.4 is 4.90 Å². The Morgan fingerprint density at radius 1 is 0.970 bits per heavy atom. The molecule has 0 bridgehead atoms. The molecule has 1 aliphatic heterocycles. The molecule has 5 rings (SSSR count). The number of rotatable bonds is 4. The van der Waals surface area contributed by atoms with E-state index < -0.39 is 0 Å². The number of fused-ring (bicyclic) bond motifs is 1. The number of carbonyl (C=O) groups is 1. The molecule has 1 atom stereocenters. The maximum absolute atomic E-state index is 13.6.